The smallest absolute Gasteiger partial charge is 0.118 e. The standard InChI is InChI=1S/C18H28N2O/c1-3-16-12-19-18(10-4-5-11-18)14-20(16)13-15-6-8-17(21-2)9-7-15/h6-9,16,19H,3-5,10-14H2,1-2H3. The van der Waals surface area contributed by atoms with E-state index in [1.165, 1.54) is 44.2 Å². The zero-order valence-corrected chi connectivity index (χ0v) is 13.4. The summed E-state index contributed by atoms with van der Waals surface area (Å²) in [5.74, 6) is 0.943. The number of piperazine rings is 1. The number of hydrogen-bond donors (Lipinski definition) is 1. The van der Waals surface area contributed by atoms with Crippen LogP contribution in [-0.4, -0.2) is 36.7 Å². The van der Waals surface area contributed by atoms with Gasteiger partial charge in [-0.05, 0) is 37.0 Å². The number of hydrogen-bond acceptors (Lipinski definition) is 3. The molecule has 1 unspecified atom stereocenters. The van der Waals surface area contributed by atoms with Crippen LogP contribution in [0.2, 0.25) is 0 Å². The van der Waals surface area contributed by atoms with E-state index in [2.05, 4.69) is 41.4 Å². The lowest BCUT2D eigenvalue weighted by Gasteiger charge is -2.46. The van der Waals surface area contributed by atoms with Gasteiger partial charge in [0.05, 0.1) is 7.11 Å². The summed E-state index contributed by atoms with van der Waals surface area (Å²) < 4.78 is 5.25. The summed E-state index contributed by atoms with van der Waals surface area (Å²) in [7, 11) is 1.72. The summed E-state index contributed by atoms with van der Waals surface area (Å²) in [5.41, 5.74) is 1.79. The van der Waals surface area contributed by atoms with Crippen LogP contribution in [0.3, 0.4) is 0 Å². The van der Waals surface area contributed by atoms with Crippen molar-refractivity contribution in [2.45, 2.75) is 57.2 Å². The molecule has 21 heavy (non-hydrogen) atoms. The van der Waals surface area contributed by atoms with E-state index in [-0.39, 0.29) is 0 Å². The second-order valence-corrected chi connectivity index (χ2v) is 6.68. The Morgan fingerprint density at radius 3 is 2.57 bits per heavy atom. The van der Waals surface area contributed by atoms with Gasteiger partial charge in [0.25, 0.3) is 0 Å². The zero-order chi connectivity index (χ0) is 14.7. The number of benzene rings is 1. The first-order valence-corrected chi connectivity index (χ1v) is 8.37. The minimum absolute atomic E-state index is 0.401. The lowest BCUT2D eigenvalue weighted by Crippen LogP contribution is -2.62. The topological polar surface area (TPSA) is 24.5 Å². The Morgan fingerprint density at radius 1 is 1.24 bits per heavy atom. The zero-order valence-electron chi connectivity index (χ0n) is 13.4. The highest BCUT2D eigenvalue weighted by Crippen LogP contribution is 2.34. The second kappa shape index (κ2) is 6.37. The maximum absolute atomic E-state index is 5.25. The third-order valence-corrected chi connectivity index (χ3v) is 5.31. The molecule has 1 aromatic carbocycles. The molecule has 1 aromatic rings. The number of rotatable bonds is 4. The molecular weight excluding hydrogens is 260 g/mol. The molecule has 0 aromatic heterocycles. The minimum Gasteiger partial charge on any atom is -0.497 e. The Morgan fingerprint density at radius 2 is 1.95 bits per heavy atom. The molecule has 1 heterocycles. The molecule has 3 nitrogen and oxygen atoms in total. The molecular formula is C18H28N2O. The van der Waals surface area contributed by atoms with Crippen molar-refractivity contribution in [3.8, 4) is 5.75 Å². The SMILES string of the molecule is CCC1CNC2(CCCC2)CN1Cc1ccc(OC)cc1. The first-order valence-electron chi connectivity index (χ1n) is 8.37. The minimum atomic E-state index is 0.401. The van der Waals surface area contributed by atoms with Crippen LogP contribution in [0.15, 0.2) is 24.3 Å². The average Bonchev–Trinajstić information content (AvgIpc) is 2.96. The van der Waals surface area contributed by atoms with Gasteiger partial charge in [-0.3, -0.25) is 4.90 Å². The fraction of sp³-hybridized carbons (Fsp3) is 0.667. The normalized spacial score (nSPS) is 25.3. The lowest BCUT2D eigenvalue weighted by molar-refractivity contribution is 0.0718. The predicted molar refractivity (Wildman–Crippen MR) is 86.7 cm³/mol. The molecule has 1 spiro atoms. The van der Waals surface area contributed by atoms with Gasteiger partial charge in [-0.1, -0.05) is 31.9 Å². The van der Waals surface area contributed by atoms with Crippen molar-refractivity contribution >= 4 is 0 Å². The summed E-state index contributed by atoms with van der Waals surface area (Å²) >= 11 is 0. The Bertz CT molecular complexity index is 451. The van der Waals surface area contributed by atoms with Gasteiger partial charge in [0, 0.05) is 31.2 Å². The molecule has 3 heteroatoms. The van der Waals surface area contributed by atoms with Crippen LogP contribution in [0.25, 0.3) is 0 Å². The first kappa shape index (κ1) is 14.9. The van der Waals surface area contributed by atoms with Crippen molar-refractivity contribution in [2.75, 3.05) is 20.2 Å². The van der Waals surface area contributed by atoms with Gasteiger partial charge in [0.1, 0.15) is 5.75 Å². The van der Waals surface area contributed by atoms with Crippen LogP contribution in [0, 0.1) is 0 Å². The summed E-state index contributed by atoms with van der Waals surface area (Å²) in [6.07, 6.45) is 6.70. The van der Waals surface area contributed by atoms with Crippen molar-refractivity contribution in [3.05, 3.63) is 29.8 Å². The van der Waals surface area contributed by atoms with E-state index in [0.717, 1.165) is 18.8 Å². The number of methoxy groups -OCH3 is 1. The maximum Gasteiger partial charge on any atom is 0.118 e. The highest BCUT2D eigenvalue weighted by Gasteiger charge is 2.40. The maximum atomic E-state index is 5.25. The Balaban J connectivity index is 1.70. The molecule has 1 saturated carbocycles. The van der Waals surface area contributed by atoms with E-state index in [0.29, 0.717) is 11.6 Å². The van der Waals surface area contributed by atoms with Gasteiger partial charge in [-0.25, -0.2) is 0 Å². The molecule has 1 aliphatic carbocycles. The second-order valence-electron chi connectivity index (χ2n) is 6.68. The quantitative estimate of drug-likeness (QED) is 0.921. The van der Waals surface area contributed by atoms with Crippen LogP contribution < -0.4 is 10.1 Å². The van der Waals surface area contributed by atoms with E-state index < -0.39 is 0 Å². The summed E-state index contributed by atoms with van der Waals surface area (Å²) in [5, 5.41) is 3.87. The van der Waals surface area contributed by atoms with E-state index in [9.17, 15) is 0 Å². The Kier molecular flexibility index (Phi) is 4.51. The van der Waals surface area contributed by atoms with Crippen molar-refractivity contribution in [3.63, 3.8) is 0 Å². The molecule has 1 atom stereocenters. The third kappa shape index (κ3) is 3.24. The van der Waals surface area contributed by atoms with E-state index >= 15 is 0 Å². The van der Waals surface area contributed by atoms with Crippen molar-refractivity contribution in [2.24, 2.45) is 0 Å². The third-order valence-electron chi connectivity index (χ3n) is 5.31. The van der Waals surface area contributed by atoms with Gasteiger partial charge in [-0.15, -0.1) is 0 Å². The monoisotopic (exact) mass is 288 g/mol. The predicted octanol–water partition coefficient (Wildman–Crippen LogP) is 3.19. The van der Waals surface area contributed by atoms with Crippen LogP contribution in [0.4, 0.5) is 0 Å². The highest BCUT2D eigenvalue weighted by atomic mass is 16.5. The fourth-order valence-electron chi connectivity index (χ4n) is 3.98. The van der Waals surface area contributed by atoms with Crippen molar-refractivity contribution < 1.29 is 4.74 Å². The molecule has 2 fully saturated rings. The molecule has 3 rings (SSSR count). The summed E-state index contributed by atoms with van der Waals surface area (Å²) in [4.78, 5) is 2.70. The Hall–Kier alpha value is -1.06. The molecule has 0 bridgehead atoms. The summed E-state index contributed by atoms with van der Waals surface area (Å²) in [6, 6.07) is 9.22. The largest absolute Gasteiger partial charge is 0.497 e. The van der Waals surface area contributed by atoms with Gasteiger partial charge in [-0.2, -0.15) is 0 Å². The number of ether oxygens (including phenoxy) is 1. The molecule has 0 amide bonds. The van der Waals surface area contributed by atoms with Gasteiger partial charge >= 0.3 is 0 Å². The highest BCUT2D eigenvalue weighted by molar-refractivity contribution is 5.27. The van der Waals surface area contributed by atoms with Crippen LogP contribution >= 0.6 is 0 Å². The lowest BCUT2D eigenvalue weighted by atomic mass is 9.91. The average molecular weight is 288 g/mol. The van der Waals surface area contributed by atoms with Gasteiger partial charge < -0.3 is 10.1 Å². The van der Waals surface area contributed by atoms with Crippen LogP contribution in [0.1, 0.15) is 44.6 Å². The number of nitrogens with one attached hydrogen (secondary N) is 1. The molecule has 1 aliphatic heterocycles. The molecule has 1 N–H and O–H groups in total. The van der Waals surface area contributed by atoms with Crippen molar-refractivity contribution in [1.82, 2.24) is 10.2 Å². The molecule has 1 saturated heterocycles. The van der Waals surface area contributed by atoms with Crippen LogP contribution in [0.5, 0.6) is 5.75 Å². The Labute approximate surface area is 128 Å². The van der Waals surface area contributed by atoms with Gasteiger partial charge in [0.2, 0.25) is 0 Å². The molecule has 0 radical (unpaired) electrons. The number of nitrogens with zero attached hydrogens (tertiary/aromatic N) is 1. The van der Waals surface area contributed by atoms with E-state index in [4.69, 9.17) is 4.74 Å². The van der Waals surface area contributed by atoms with E-state index in [1.54, 1.807) is 7.11 Å². The molecule has 116 valence electrons. The summed E-state index contributed by atoms with van der Waals surface area (Å²) in [6.45, 7) is 5.72. The van der Waals surface area contributed by atoms with Gasteiger partial charge in [0.15, 0.2) is 0 Å². The molecule has 2 aliphatic rings. The first-order chi connectivity index (χ1) is 10.2. The van der Waals surface area contributed by atoms with Crippen LogP contribution in [-0.2, 0) is 6.54 Å². The van der Waals surface area contributed by atoms with Crippen molar-refractivity contribution in [1.29, 1.82) is 0 Å². The van der Waals surface area contributed by atoms with E-state index in [1.807, 2.05) is 0 Å². The fourth-order valence-corrected chi connectivity index (χ4v) is 3.98.